The lowest BCUT2D eigenvalue weighted by Crippen LogP contribution is -2.11. The van der Waals surface area contributed by atoms with Gasteiger partial charge in [-0.05, 0) is 44.5 Å². The van der Waals surface area contributed by atoms with E-state index in [0.717, 1.165) is 16.1 Å². The lowest BCUT2D eigenvalue weighted by atomic mass is 10.0. The summed E-state index contributed by atoms with van der Waals surface area (Å²) in [5.74, 6) is -0.195. The molecule has 0 spiro atoms. The van der Waals surface area contributed by atoms with Gasteiger partial charge < -0.3 is 0 Å². The molecule has 0 bridgehead atoms. The van der Waals surface area contributed by atoms with Crippen LogP contribution in [0.25, 0.3) is 11.3 Å². The summed E-state index contributed by atoms with van der Waals surface area (Å²) in [4.78, 5) is 21.9. The monoisotopic (exact) mass is 323 g/mol. The molecule has 116 valence electrons. The summed E-state index contributed by atoms with van der Waals surface area (Å²) < 4.78 is 0. The fraction of sp³-hybridized carbons (Fsp3) is 0.167. The van der Waals surface area contributed by atoms with Gasteiger partial charge in [-0.1, -0.05) is 17.7 Å². The molecule has 0 saturated heterocycles. The van der Waals surface area contributed by atoms with E-state index >= 15 is 0 Å². The number of anilines is 1. The van der Waals surface area contributed by atoms with Crippen molar-refractivity contribution in [3.8, 4) is 11.3 Å². The molecule has 0 radical (unpaired) electrons. The highest BCUT2D eigenvalue weighted by Gasteiger charge is 2.14. The maximum Gasteiger partial charge on any atom is 0.259 e. The van der Waals surface area contributed by atoms with Crippen molar-refractivity contribution < 1.29 is 4.79 Å². The fourth-order valence-corrected chi connectivity index (χ4v) is 3.18. The molecular weight excluding hydrogens is 306 g/mol. The first-order valence-electron chi connectivity index (χ1n) is 7.31. The number of hydrogen-bond acceptors (Lipinski definition) is 4. The summed E-state index contributed by atoms with van der Waals surface area (Å²) in [5, 5.41) is 3.46. The van der Waals surface area contributed by atoms with E-state index in [4.69, 9.17) is 0 Å². The number of aryl methyl sites for hydroxylation is 3. The van der Waals surface area contributed by atoms with Crippen molar-refractivity contribution in [3.05, 3.63) is 64.3 Å². The molecule has 5 heteroatoms. The van der Waals surface area contributed by atoms with Crippen LogP contribution in [0.3, 0.4) is 0 Å². The Morgan fingerprint density at radius 1 is 1.17 bits per heavy atom. The van der Waals surface area contributed by atoms with E-state index in [1.54, 1.807) is 24.5 Å². The summed E-state index contributed by atoms with van der Waals surface area (Å²) in [5.41, 5.74) is 4.93. The van der Waals surface area contributed by atoms with Gasteiger partial charge in [-0.2, -0.15) is 0 Å². The number of amides is 1. The van der Waals surface area contributed by atoms with Crippen molar-refractivity contribution in [2.75, 3.05) is 5.32 Å². The van der Waals surface area contributed by atoms with Crippen LogP contribution in [-0.2, 0) is 0 Å². The van der Waals surface area contributed by atoms with Crippen molar-refractivity contribution in [3.63, 3.8) is 0 Å². The summed E-state index contributed by atoms with van der Waals surface area (Å²) in [6.07, 6.45) is 3.18. The number of carbonyl (C=O) groups is 1. The van der Waals surface area contributed by atoms with E-state index in [0.29, 0.717) is 10.7 Å². The molecule has 23 heavy (non-hydrogen) atoms. The average Bonchev–Trinajstić information content (AvgIpc) is 2.91. The zero-order valence-corrected chi connectivity index (χ0v) is 14.1. The second kappa shape index (κ2) is 6.30. The Kier molecular flexibility index (Phi) is 4.21. The Morgan fingerprint density at radius 3 is 2.74 bits per heavy atom. The topological polar surface area (TPSA) is 54.9 Å². The molecule has 4 nitrogen and oxygen atoms in total. The van der Waals surface area contributed by atoms with Gasteiger partial charge in [0.2, 0.25) is 0 Å². The molecule has 0 aliphatic rings. The van der Waals surface area contributed by atoms with Crippen LogP contribution < -0.4 is 5.32 Å². The lowest BCUT2D eigenvalue weighted by Gasteiger charge is -2.05. The predicted octanol–water partition coefficient (Wildman–Crippen LogP) is 4.38. The summed E-state index contributed by atoms with van der Waals surface area (Å²) in [6.45, 7) is 6.16. The maximum absolute atomic E-state index is 12.2. The highest BCUT2D eigenvalue weighted by Crippen LogP contribution is 2.32. The van der Waals surface area contributed by atoms with Gasteiger partial charge in [0.15, 0.2) is 5.13 Å². The van der Waals surface area contributed by atoms with E-state index in [1.165, 1.54) is 22.5 Å². The molecule has 3 aromatic rings. The van der Waals surface area contributed by atoms with E-state index < -0.39 is 0 Å². The van der Waals surface area contributed by atoms with Crippen molar-refractivity contribution in [2.24, 2.45) is 0 Å². The molecule has 0 aliphatic heterocycles. The van der Waals surface area contributed by atoms with Gasteiger partial charge in [-0.3, -0.25) is 15.1 Å². The van der Waals surface area contributed by atoms with E-state index in [9.17, 15) is 4.79 Å². The Bertz CT molecular complexity index is 856. The molecule has 1 N–H and O–H groups in total. The van der Waals surface area contributed by atoms with Crippen LogP contribution in [-0.4, -0.2) is 15.9 Å². The van der Waals surface area contributed by atoms with Crippen LogP contribution in [0.2, 0.25) is 0 Å². The number of nitrogens with one attached hydrogen (secondary N) is 1. The van der Waals surface area contributed by atoms with Crippen molar-refractivity contribution >= 4 is 22.4 Å². The Morgan fingerprint density at radius 2 is 2.00 bits per heavy atom. The molecule has 2 heterocycles. The average molecular weight is 323 g/mol. The lowest BCUT2D eigenvalue weighted by molar-refractivity contribution is 0.102. The molecule has 0 aliphatic carbocycles. The highest BCUT2D eigenvalue weighted by atomic mass is 32.1. The van der Waals surface area contributed by atoms with Gasteiger partial charge in [0.25, 0.3) is 5.91 Å². The van der Waals surface area contributed by atoms with E-state index in [2.05, 4.69) is 47.3 Å². The number of pyridine rings is 1. The third-order valence-electron chi connectivity index (χ3n) is 3.59. The molecule has 1 amide bonds. The van der Waals surface area contributed by atoms with Crippen LogP contribution in [0.1, 0.15) is 26.4 Å². The third kappa shape index (κ3) is 3.29. The highest BCUT2D eigenvalue weighted by molar-refractivity contribution is 7.16. The number of aromatic nitrogens is 2. The standard InChI is InChI=1S/C18H17N3OS/c1-11-6-7-12(2)15(9-11)16-13(3)23-18(20-16)21-17(22)14-5-4-8-19-10-14/h4-10H,1-3H3,(H,20,21,22). The molecule has 0 unspecified atom stereocenters. The quantitative estimate of drug-likeness (QED) is 0.778. The Hall–Kier alpha value is -2.53. The van der Waals surface area contributed by atoms with Gasteiger partial charge in [0.05, 0.1) is 11.3 Å². The number of nitrogens with zero attached hydrogens (tertiary/aromatic N) is 2. The molecule has 1 aromatic carbocycles. The zero-order chi connectivity index (χ0) is 16.4. The van der Waals surface area contributed by atoms with Crippen LogP contribution in [0.15, 0.2) is 42.7 Å². The Labute approximate surface area is 139 Å². The second-order valence-electron chi connectivity index (χ2n) is 5.44. The first kappa shape index (κ1) is 15.4. The molecule has 0 saturated carbocycles. The number of rotatable bonds is 3. The van der Waals surface area contributed by atoms with E-state index in [1.807, 2.05) is 6.92 Å². The fourth-order valence-electron chi connectivity index (χ4n) is 2.36. The van der Waals surface area contributed by atoms with Crippen LogP contribution >= 0.6 is 11.3 Å². The number of carbonyl (C=O) groups excluding carboxylic acids is 1. The first-order chi connectivity index (χ1) is 11.0. The van der Waals surface area contributed by atoms with Crippen LogP contribution in [0, 0.1) is 20.8 Å². The van der Waals surface area contributed by atoms with Crippen LogP contribution in [0.5, 0.6) is 0 Å². The van der Waals surface area contributed by atoms with Crippen molar-refractivity contribution in [1.82, 2.24) is 9.97 Å². The summed E-state index contributed by atoms with van der Waals surface area (Å²) in [6, 6.07) is 9.78. The first-order valence-corrected chi connectivity index (χ1v) is 8.12. The largest absolute Gasteiger partial charge is 0.298 e. The molecule has 0 fully saturated rings. The maximum atomic E-state index is 12.2. The predicted molar refractivity (Wildman–Crippen MR) is 94.0 cm³/mol. The van der Waals surface area contributed by atoms with Gasteiger partial charge >= 0.3 is 0 Å². The minimum absolute atomic E-state index is 0.195. The van der Waals surface area contributed by atoms with Gasteiger partial charge in [-0.25, -0.2) is 4.98 Å². The smallest absolute Gasteiger partial charge is 0.259 e. The molecule has 2 aromatic heterocycles. The van der Waals surface area contributed by atoms with Crippen molar-refractivity contribution in [1.29, 1.82) is 0 Å². The van der Waals surface area contributed by atoms with Gasteiger partial charge in [0, 0.05) is 22.8 Å². The summed E-state index contributed by atoms with van der Waals surface area (Å²) in [7, 11) is 0. The second-order valence-corrected chi connectivity index (χ2v) is 6.64. The minimum atomic E-state index is -0.195. The zero-order valence-electron chi connectivity index (χ0n) is 13.3. The number of benzene rings is 1. The Balaban J connectivity index is 1.90. The number of thiazole rings is 1. The van der Waals surface area contributed by atoms with Gasteiger partial charge in [0.1, 0.15) is 0 Å². The third-order valence-corrected chi connectivity index (χ3v) is 4.48. The SMILES string of the molecule is Cc1ccc(C)c(-c2nc(NC(=O)c3cccnc3)sc2C)c1. The normalized spacial score (nSPS) is 10.6. The number of hydrogen-bond donors (Lipinski definition) is 1. The van der Waals surface area contributed by atoms with Gasteiger partial charge in [-0.15, -0.1) is 11.3 Å². The van der Waals surface area contributed by atoms with Crippen molar-refractivity contribution in [2.45, 2.75) is 20.8 Å². The molecule has 3 rings (SSSR count). The van der Waals surface area contributed by atoms with Crippen LogP contribution in [0.4, 0.5) is 5.13 Å². The molecule has 0 atom stereocenters. The molecular formula is C18H17N3OS. The van der Waals surface area contributed by atoms with E-state index in [-0.39, 0.29) is 5.91 Å². The summed E-state index contributed by atoms with van der Waals surface area (Å²) >= 11 is 1.48. The minimum Gasteiger partial charge on any atom is -0.298 e.